The van der Waals surface area contributed by atoms with E-state index in [9.17, 15) is 14.4 Å². The van der Waals surface area contributed by atoms with E-state index < -0.39 is 0 Å². The number of hydrogen-bond donors (Lipinski definition) is 2. The van der Waals surface area contributed by atoms with Crippen LogP contribution in [0.5, 0.6) is 0 Å². The number of pyridine rings is 1. The van der Waals surface area contributed by atoms with Gasteiger partial charge in [0.15, 0.2) is 0 Å². The molecule has 8 nitrogen and oxygen atoms in total. The van der Waals surface area contributed by atoms with Gasteiger partial charge in [-0.15, -0.1) is 11.3 Å². The largest absolute Gasteiger partial charge is 0.347 e. The van der Waals surface area contributed by atoms with Gasteiger partial charge in [-0.05, 0) is 38.8 Å². The van der Waals surface area contributed by atoms with Crippen LogP contribution in [-0.2, 0) is 4.79 Å². The highest BCUT2D eigenvalue weighted by Crippen LogP contribution is 2.44. The van der Waals surface area contributed by atoms with Crippen LogP contribution in [-0.4, -0.2) is 52.9 Å². The Morgan fingerprint density at radius 1 is 1.45 bits per heavy atom. The van der Waals surface area contributed by atoms with Crippen molar-refractivity contribution in [2.75, 3.05) is 23.3 Å². The molecule has 4 rings (SSSR count). The van der Waals surface area contributed by atoms with Crippen molar-refractivity contribution < 1.29 is 14.4 Å². The van der Waals surface area contributed by atoms with Gasteiger partial charge in [0.05, 0.1) is 16.8 Å². The first-order chi connectivity index (χ1) is 13.9. The molecule has 2 aliphatic heterocycles. The number of carbonyl (C=O) groups is 3. The lowest BCUT2D eigenvalue weighted by Gasteiger charge is -2.33. The fourth-order valence-electron chi connectivity index (χ4n) is 3.95. The standard InChI is InChI=1S/C20H23N5O3S/c1-4-14(26)24-9-5-6-12(10-24)22-18(27)17-16-15-13(7-8-21-19(15)29-17)25(11(2)3)20(28)23-16/h4,7-8,11-12H,1,5-6,9-10H2,2-3H3,(H,22,27)(H,23,28). The Morgan fingerprint density at radius 2 is 2.24 bits per heavy atom. The van der Waals surface area contributed by atoms with E-state index in [-0.39, 0.29) is 29.9 Å². The Hall–Kier alpha value is -2.94. The number of rotatable bonds is 4. The normalized spacial score (nSPS) is 18.7. The van der Waals surface area contributed by atoms with Gasteiger partial charge in [0, 0.05) is 31.4 Å². The summed E-state index contributed by atoms with van der Waals surface area (Å²) in [5.41, 5.74) is 1.28. The van der Waals surface area contributed by atoms with Gasteiger partial charge in [0.2, 0.25) is 5.91 Å². The molecule has 1 saturated heterocycles. The number of piperidine rings is 1. The summed E-state index contributed by atoms with van der Waals surface area (Å²) in [6, 6.07) is 1.38. The molecule has 4 heterocycles. The van der Waals surface area contributed by atoms with Gasteiger partial charge >= 0.3 is 6.03 Å². The maximum atomic E-state index is 13.0. The van der Waals surface area contributed by atoms with Crippen molar-refractivity contribution in [3.63, 3.8) is 0 Å². The topological polar surface area (TPSA) is 94.6 Å². The molecule has 2 aromatic rings. The van der Waals surface area contributed by atoms with Gasteiger partial charge in [-0.3, -0.25) is 14.5 Å². The molecular weight excluding hydrogens is 390 g/mol. The Kier molecular flexibility index (Phi) is 4.99. The molecular formula is C20H23N5O3S. The zero-order valence-corrected chi connectivity index (χ0v) is 17.2. The number of hydrogen-bond acceptors (Lipinski definition) is 5. The lowest BCUT2D eigenvalue weighted by Crippen LogP contribution is -2.49. The van der Waals surface area contributed by atoms with E-state index in [2.05, 4.69) is 22.2 Å². The highest BCUT2D eigenvalue weighted by atomic mass is 32.1. The van der Waals surface area contributed by atoms with Gasteiger partial charge in [0.1, 0.15) is 9.71 Å². The summed E-state index contributed by atoms with van der Waals surface area (Å²) in [7, 11) is 0. The first-order valence-corrected chi connectivity index (χ1v) is 10.5. The molecule has 2 aliphatic rings. The second-order valence-electron chi connectivity index (χ2n) is 7.51. The van der Waals surface area contributed by atoms with Crippen molar-refractivity contribution in [2.45, 2.75) is 38.8 Å². The van der Waals surface area contributed by atoms with Crippen LogP contribution in [0.3, 0.4) is 0 Å². The highest BCUT2D eigenvalue weighted by molar-refractivity contribution is 7.21. The van der Waals surface area contributed by atoms with Crippen LogP contribution >= 0.6 is 11.3 Å². The number of nitrogens with zero attached hydrogens (tertiary/aromatic N) is 3. The Labute approximate surface area is 172 Å². The molecule has 2 aromatic heterocycles. The molecule has 0 bridgehead atoms. The van der Waals surface area contributed by atoms with E-state index in [1.54, 1.807) is 22.1 Å². The van der Waals surface area contributed by atoms with Crippen LogP contribution in [0.2, 0.25) is 0 Å². The maximum Gasteiger partial charge on any atom is 0.326 e. The highest BCUT2D eigenvalue weighted by Gasteiger charge is 2.33. The smallest absolute Gasteiger partial charge is 0.326 e. The van der Waals surface area contributed by atoms with Crippen molar-refractivity contribution in [1.82, 2.24) is 15.2 Å². The minimum absolute atomic E-state index is 0.0263. The first kappa shape index (κ1) is 19.4. The zero-order valence-electron chi connectivity index (χ0n) is 16.4. The third-order valence-electron chi connectivity index (χ3n) is 5.25. The molecule has 1 fully saturated rings. The van der Waals surface area contributed by atoms with E-state index >= 15 is 0 Å². The van der Waals surface area contributed by atoms with Crippen molar-refractivity contribution in [2.24, 2.45) is 0 Å². The number of carbonyl (C=O) groups excluding carboxylic acids is 3. The van der Waals surface area contributed by atoms with Crippen LogP contribution in [0.15, 0.2) is 24.9 Å². The molecule has 29 heavy (non-hydrogen) atoms. The second kappa shape index (κ2) is 7.47. The maximum absolute atomic E-state index is 13.0. The number of likely N-dealkylation sites (tertiary alicyclic amines) is 1. The molecule has 0 aromatic carbocycles. The zero-order chi connectivity index (χ0) is 20.7. The quantitative estimate of drug-likeness (QED) is 0.754. The van der Waals surface area contributed by atoms with E-state index in [0.29, 0.717) is 28.5 Å². The van der Waals surface area contributed by atoms with Gasteiger partial charge in [-0.2, -0.15) is 0 Å². The van der Waals surface area contributed by atoms with Crippen LogP contribution in [0.4, 0.5) is 16.2 Å². The summed E-state index contributed by atoms with van der Waals surface area (Å²) < 4.78 is 0. The molecule has 2 N–H and O–H groups in total. The first-order valence-electron chi connectivity index (χ1n) is 9.64. The lowest BCUT2D eigenvalue weighted by molar-refractivity contribution is -0.127. The minimum Gasteiger partial charge on any atom is -0.347 e. The van der Waals surface area contributed by atoms with Gasteiger partial charge in [-0.1, -0.05) is 6.58 Å². The predicted molar refractivity (Wildman–Crippen MR) is 114 cm³/mol. The molecule has 0 aliphatic carbocycles. The van der Waals surface area contributed by atoms with Crippen LogP contribution in [0.25, 0.3) is 10.2 Å². The van der Waals surface area contributed by atoms with Gasteiger partial charge in [0.25, 0.3) is 5.91 Å². The number of thiophene rings is 1. The molecule has 1 unspecified atom stereocenters. The summed E-state index contributed by atoms with van der Waals surface area (Å²) >= 11 is 1.27. The lowest BCUT2D eigenvalue weighted by atomic mass is 10.1. The van der Waals surface area contributed by atoms with Crippen molar-refractivity contribution >= 4 is 50.8 Å². The number of urea groups is 1. The number of aromatic nitrogens is 1. The van der Waals surface area contributed by atoms with Crippen LogP contribution in [0.1, 0.15) is 36.4 Å². The molecule has 0 spiro atoms. The summed E-state index contributed by atoms with van der Waals surface area (Å²) in [4.78, 5) is 46.5. The Balaban J connectivity index is 1.63. The van der Waals surface area contributed by atoms with Crippen LogP contribution < -0.4 is 15.5 Å². The third-order valence-corrected chi connectivity index (χ3v) is 6.34. The number of amides is 4. The van der Waals surface area contributed by atoms with Crippen molar-refractivity contribution in [3.05, 3.63) is 29.8 Å². The molecule has 0 saturated carbocycles. The minimum atomic E-state index is -0.259. The Morgan fingerprint density at radius 3 is 2.97 bits per heavy atom. The average molecular weight is 414 g/mol. The Bertz CT molecular complexity index is 1010. The summed E-state index contributed by atoms with van der Waals surface area (Å²) in [5.74, 6) is -0.388. The van der Waals surface area contributed by atoms with Crippen molar-refractivity contribution in [3.8, 4) is 0 Å². The number of anilines is 2. The van der Waals surface area contributed by atoms with E-state index in [0.717, 1.165) is 23.9 Å². The molecule has 0 radical (unpaired) electrons. The van der Waals surface area contributed by atoms with Gasteiger partial charge in [-0.25, -0.2) is 9.78 Å². The van der Waals surface area contributed by atoms with E-state index in [1.165, 1.54) is 17.4 Å². The number of nitrogens with one attached hydrogen (secondary N) is 2. The molecule has 4 amide bonds. The molecule has 152 valence electrons. The van der Waals surface area contributed by atoms with E-state index in [1.807, 2.05) is 13.8 Å². The predicted octanol–water partition coefficient (Wildman–Crippen LogP) is 2.96. The van der Waals surface area contributed by atoms with Crippen LogP contribution in [0, 0.1) is 0 Å². The average Bonchev–Trinajstić information content (AvgIpc) is 3.07. The molecule has 1 atom stereocenters. The van der Waals surface area contributed by atoms with Gasteiger partial charge < -0.3 is 15.5 Å². The summed E-state index contributed by atoms with van der Waals surface area (Å²) in [5, 5.41) is 6.69. The molecule has 9 heteroatoms. The third kappa shape index (κ3) is 3.35. The second-order valence-corrected chi connectivity index (χ2v) is 8.51. The van der Waals surface area contributed by atoms with E-state index in [4.69, 9.17) is 0 Å². The summed E-state index contributed by atoms with van der Waals surface area (Å²) in [6.07, 6.45) is 4.57. The monoisotopic (exact) mass is 413 g/mol. The fourth-order valence-corrected chi connectivity index (χ4v) is 4.97. The summed E-state index contributed by atoms with van der Waals surface area (Å²) in [6.45, 7) is 8.53. The SMILES string of the molecule is C=CC(=O)N1CCCC(NC(=O)c2sc3nccc4c3c2NC(=O)N4C(C)C)C1. The fraction of sp³-hybridized carbons (Fsp3) is 0.400. The van der Waals surface area contributed by atoms with Crippen molar-refractivity contribution in [1.29, 1.82) is 0 Å².